The highest BCUT2D eigenvalue weighted by atomic mass is 32.2. The van der Waals surface area contributed by atoms with Crippen LogP contribution in [-0.4, -0.2) is 4.98 Å². The van der Waals surface area contributed by atoms with E-state index < -0.39 is 0 Å². The number of H-pyrrole nitrogens is 1. The minimum Gasteiger partial charge on any atom is -0.357 e. The van der Waals surface area contributed by atoms with Crippen LogP contribution < -0.4 is 5.43 Å². The standard InChI is InChI=1S/C11H9NOS/c13-11-7-3-1-2-4-9(7)12-10-6-14-5-8(10)11/h1-4H,5-6H2,(H,12,13). The lowest BCUT2D eigenvalue weighted by molar-refractivity contribution is 1.18. The van der Waals surface area contributed by atoms with E-state index in [-0.39, 0.29) is 5.43 Å². The van der Waals surface area contributed by atoms with Crippen LogP contribution >= 0.6 is 11.8 Å². The fraction of sp³-hybridized carbons (Fsp3) is 0.182. The highest BCUT2D eigenvalue weighted by Gasteiger charge is 2.16. The van der Waals surface area contributed by atoms with Crippen molar-refractivity contribution in [3.05, 3.63) is 45.7 Å². The van der Waals surface area contributed by atoms with E-state index >= 15 is 0 Å². The Kier molecular flexibility index (Phi) is 1.67. The van der Waals surface area contributed by atoms with E-state index in [0.29, 0.717) is 0 Å². The van der Waals surface area contributed by atoms with Crippen LogP contribution in [0.1, 0.15) is 11.3 Å². The third-order valence-electron chi connectivity index (χ3n) is 2.59. The molecule has 0 amide bonds. The molecule has 0 unspecified atom stereocenters. The highest BCUT2D eigenvalue weighted by molar-refractivity contribution is 7.98. The lowest BCUT2D eigenvalue weighted by atomic mass is 10.1. The number of para-hydroxylation sites is 1. The van der Waals surface area contributed by atoms with Gasteiger partial charge in [0.2, 0.25) is 0 Å². The van der Waals surface area contributed by atoms with Gasteiger partial charge in [-0.05, 0) is 12.1 Å². The molecule has 2 aromatic rings. The number of fused-ring (bicyclic) bond motifs is 2. The second kappa shape index (κ2) is 2.89. The van der Waals surface area contributed by atoms with Crippen LogP contribution in [0.15, 0.2) is 29.1 Å². The number of rotatable bonds is 0. The zero-order valence-electron chi connectivity index (χ0n) is 7.54. The predicted octanol–water partition coefficient (Wildman–Crippen LogP) is 2.27. The summed E-state index contributed by atoms with van der Waals surface area (Å²) in [5.74, 6) is 1.80. The Morgan fingerprint density at radius 3 is 3.00 bits per heavy atom. The van der Waals surface area contributed by atoms with E-state index in [0.717, 1.165) is 33.7 Å². The first kappa shape index (κ1) is 8.12. The molecule has 1 N–H and O–H groups in total. The van der Waals surface area contributed by atoms with Gasteiger partial charge in [-0.2, -0.15) is 11.8 Å². The third-order valence-corrected chi connectivity index (χ3v) is 3.57. The van der Waals surface area contributed by atoms with Crippen LogP contribution in [0, 0.1) is 0 Å². The summed E-state index contributed by atoms with van der Waals surface area (Å²) in [5, 5.41) is 0.814. The summed E-state index contributed by atoms with van der Waals surface area (Å²) in [6, 6.07) is 7.70. The van der Waals surface area contributed by atoms with Crippen LogP contribution in [0.25, 0.3) is 10.9 Å². The molecule has 3 heteroatoms. The van der Waals surface area contributed by atoms with Crippen molar-refractivity contribution in [3.63, 3.8) is 0 Å². The summed E-state index contributed by atoms with van der Waals surface area (Å²) < 4.78 is 0. The van der Waals surface area contributed by atoms with Crippen molar-refractivity contribution >= 4 is 22.7 Å². The zero-order chi connectivity index (χ0) is 9.54. The average molecular weight is 203 g/mol. The molecule has 0 saturated heterocycles. The highest BCUT2D eigenvalue weighted by Crippen LogP contribution is 2.27. The molecule has 70 valence electrons. The van der Waals surface area contributed by atoms with Gasteiger partial charge in [0, 0.05) is 33.7 Å². The zero-order valence-corrected chi connectivity index (χ0v) is 8.36. The van der Waals surface area contributed by atoms with Crippen molar-refractivity contribution < 1.29 is 0 Å². The van der Waals surface area contributed by atoms with Gasteiger partial charge in [-0.1, -0.05) is 12.1 Å². The number of pyridine rings is 1. The number of aromatic nitrogens is 1. The Morgan fingerprint density at radius 1 is 1.21 bits per heavy atom. The lowest BCUT2D eigenvalue weighted by Crippen LogP contribution is -2.10. The smallest absolute Gasteiger partial charge is 0.193 e. The molecule has 1 aliphatic rings. The van der Waals surface area contributed by atoms with Gasteiger partial charge in [0.15, 0.2) is 5.43 Å². The molecule has 2 heterocycles. The van der Waals surface area contributed by atoms with Gasteiger partial charge in [0.05, 0.1) is 0 Å². The molecular formula is C11H9NOS. The molecule has 0 bridgehead atoms. The fourth-order valence-electron chi connectivity index (χ4n) is 1.86. The minimum atomic E-state index is 0.208. The molecular weight excluding hydrogens is 194 g/mol. The summed E-state index contributed by atoms with van der Waals surface area (Å²) in [4.78, 5) is 15.3. The van der Waals surface area contributed by atoms with E-state index in [2.05, 4.69) is 4.98 Å². The predicted molar refractivity (Wildman–Crippen MR) is 59.6 cm³/mol. The molecule has 14 heavy (non-hydrogen) atoms. The Hall–Kier alpha value is -1.22. The molecule has 0 saturated carbocycles. The molecule has 0 fully saturated rings. The largest absolute Gasteiger partial charge is 0.357 e. The van der Waals surface area contributed by atoms with E-state index in [1.54, 1.807) is 11.8 Å². The van der Waals surface area contributed by atoms with Crippen molar-refractivity contribution in [2.75, 3.05) is 0 Å². The van der Waals surface area contributed by atoms with Crippen LogP contribution in [-0.2, 0) is 11.5 Å². The number of hydrogen-bond donors (Lipinski definition) is 1. The maximum Gasteiger partial charge on any atom is 0.193 e. The average Bonchev–Trinajstić information content (AvgIpc) is 2.66. The van der Waals surface area contributed by atoms with Crippen molar-refractivity contribution in [3.8, 4) is 0 Å². The minimum absolute atomic E-state index is 0.208. The molecule has 1 aromatic heterocycles. The maximum absolute atomic E-state index is 12.0. The third kappa shape index (κ3) is 1.02. The van der Waals surface area contributed by atoms with Crippen LogP contribution in [0.3, 0.4) is 0 Å². The second-order valence-electron chi connectivity index (χ2n) is 3.45. The summed E-state index contributed by atoms with van der Waals surface area (Å²) in [6.07, 6.45) is 0. The molecule has 1 aliphatic heterocycles. The number of benzene rings is 1. The molecule has 0 aliphatic carbocycles. The first-order valence-corrected chi connectivity index (χ1v) is 5.72. The SMILES string of the molecule is O=c1c2c([nH]c3ccccc13)CSC2. The van der Waals surface area contributed by atoms with Crippen molar-refractivity contribution in [1.29, 1.82) is 0 Å². The summed E-state index contributed by atoms with van der Waals surface area (Å²) in [6.45, 7) is 0. The van der Waals surface area contributed by atoms with Crippen molar-refractivity contribution in [2.24, 2.45) is 0 Å². The van der Waals surface area contributed by atoms with E-state index in [4.69, 9.17) is 0 Å². The quantitative estimate of drug-likeness (QED) is 0.712. The maximum atomic E-state index is 12.0. The Bertz CT molecular complexity index is 559. The fourth-order valence-corrected chi connectivity index (χ4v) is 2.92. The summed E-state index contributed by atoms with van der Waals surface area (Å²) >= 11 is 1.80. The number of aromatic amines is 1. The molecule has 3 rings (SSSR count). The van der Waals surface area contributed by atoms with Gasteiger partial charge in [-0.3, -0.25) is 4.79 Å². The number of nitrogens with one attached hydrogen (secondary N) is 1. The Balaban J connectivity index is 2.50. The normalized spacial score (nSPS) is 14.6. The number of hydrogen-bond acceptors (Lipinski definition) is 2. The van der Waals surface area contributed by atoms with Crippen LogP contribution in [0.2, 0.25) is 0 Å². The molecule has 0 radical (unpaired) electrons. The van der Waals surface area contributed by atoms with Gasteiger partial charge in [-0.15, -0.1) is 0 Å². The number of thioether (sulfide) groups is 1. The molecule has 2 nitrogen and oxygen atoms in total. The van der Waals surface area contributed by atoms with Crippen LogP contribution in [0.5, 0.6) is 0 Å². The topological polar surface area (TPSA) is 32.9 Å². The van der Waals surface area contributed by atoms with E-state index in [1.165, 1.54) is 0 Å². The summed E-state index contributed by atoms with van der Waals surface area (Å²) in [5.41, 5.74) is 3.24. The monoisotopic (exact) mass is 203 g/mol. The van der Waals surface area contributed by atoms with Crippen molar-refractivity contribution in [2.45, 2.75) is 11.5 Å². The first-order chi connectivity index (χ1) is 6.86. The molecule has 0 atom stereocenters. The molecule has 1 aromatic carbocycles. The molecule has 0 spiro atoms. The van der Waals surface area contributed by atoms with E-state index in [9.17, 15) is 4.79 Å². The van der Waals surface area contributed by atoms with Gasteiger partial charge in [-0.25, -0.2) is 0 Å². The van der Waals surface area contributed by atoms with Crippen LogP contribution in [0.4, 0.5) is 0 Å². The van der Waals surface area contributed by atoms with Gasteiger partial charge >= 0.3 is 0 Å². The summed E-state index contributed by atoms with van der Waals surface area (Å²) in [7, 11) is 0. The lowest BCUT2D eigenvalue weighted by Gasteiger charge is -2.01. The van der Waals surface area contributed by atoms with E-state index in [1.807, 2.05) is 24.3 Å². The Labute approximate surface area is 85.3 Å². The first-order valence-electron chi connectivity index (χ1n) is 4.57. The Morgan fingerprint density at radius 2 is 2.07 bits per heavy atom. The van der Waals surface area contributed by atoms with Crippen molar-refractivity contribution in [1.82, 2.24) is 4.98 Å². The van der Waals surface area contributed by atoms with Gasteiger partial charge < -0.3 is 4.98 Å². The van der Waals surface area contributed by atoms with Gasteiger partial charge in [0.1, 0.15) is 0 Å². The second-order valence-corrected chi connectivity index (χ2v) is 4.44. The van der Waals surface area contributed by atoms with Gasteiger partial charge in [0.25, 0.3) is 0 Å².